The van der Waals surface area contributed by atoms with Gasteiger partial charge in [-0.3, -0.25) is 9.69 Å². The first-order valence-electron chi connectivity index (χ1n) is 7.90. The zero-order valence-electron chi connectivity index (χ0n) is 13.8. The Labute approximate surface area is 140 Å². The van der Waals surface area contributed by atoms with Crippen LogP contribution in [-0.2, 0) is 13.2 Å². The molecule has 0 fully saturated rings. The third-order valence-electron chi connectivity index (χ3n) is 3.69. The minimum Gasteiger partial charge on any atom is -0.494 e. The van der Waals surface area contributed by atoms with E-state index in [1.807, 2.05) is 55.3 Å². The molecule has 0 saturated carbocycles. The van der Waals surface area contributed by atoms with Gasteiger partial charge in [0.2, 0.25) is 0 Å². The maximum atomic E-state index is 12.5. The van der Waals surface area contributed by atoms with Crippen molar-refractivity contribution >= 4 is 10.9 Å². The largest absolute Gasteiger partial charge is 0.494 e. The van der Waals surface area contributed by atoms with Crippen molar-refractivity contribution < 1.29 is 4.74 Å². The molecule has 0 unspecified atom stereocenters. The van der Waals surface area contributed by atoms with Crippen LogP contribution < -0.4 is 10.3 Å². The number of hydrogen-bond donors (Lipinski definition) is 0. The van der Waals surface area contributed by atoms with Crippen LogP contribution in [-0.4, -0.2) is 33.5 Å². The Morgan fingerprint density at radius 1 is 1.12 bits per heavy atom. The van der Waals surface area contributed by atoms with Crippen LogP contribution in [0.4, 0.5) is 0 Å². The highest BCUT2D eigenvalue weighted by molar-refractivity contribution is 5.76. The van der Waals surface area contributed by atoms with Gasteiger partial charge in [-0.1, -0.05) is 29.5 Å². The van der Waals surface area contributed by atoms with E-state index in [1.165, 1.54) is 4.68 Å². The van der Waals surface area contributed by atoms with Gasteiger partial charge in [0.25, 0.3) is 5.56 Å². The molecule has 0 saturated heterocycles. The molecular formula is C18H20N4O2. The fourth-order valence-corrected chi connectivity index (χ4v) is 2.56. The SMILES string of the molecule is CCOc1ccc(CN(C)Cn2nnc3ccccc3c2=O)cc1. The number of ether oxygens (including phenoxy) is 1. The summed E-state index contributed by atoms with van der Waals surface area (Å²) in [6, 6.07) is 15.2. The second-order valence-corrected chi connectivity index (χ2v) is 5.64. The smallest absolute Gasteiger partial charge is 0.278 e. The fourth-order valence-electron chi connectivity index (χ4n) is 2.56. The zero-order valence-corrected chi connectivity index (χ0v) is 13.8. The summed E-state index contributed by atoms with van der Waals surface area (Å²) in [4.78, 5) is 14.5. The molecule has 0 aliphatic rings. The molecule has 2 aromatic carbocycles. The second-order valence-electron chi connectivity index (χ2n) is 5.64. The van der Waals surface area contributed by atoms with Crippen LogP contribution in [0.25, 0.3) is 10.9 Å². The van der Waals surface area contributed by atoms with Gasteiger partial charge >= 0.3 is 0 Å². The predicted octanol–water partition coefficient (Wildman–Crippen LogP) is 2.28. The molecule has 24 heavy (non-hydrogen) atoms. The van der Waals surface area contributed by atoms with E-state index in [1.54, 1.807) is 12.1 Å². The molecular weight excluding hydrogens is 304 g/mol. The summed E-state index contributed by atoms with van der Waals surface area (Å²) in [5, 5.41) is 8.71. The third kappa shape index (κ3) is 3.60. The predicted molar refractivity (Wildman–Crippen MR) is 92.9 cm³/mol. The summed E-state index contributed by atoms with van der Waals surface area (Å²) in [5.74, 6) is 0.862. The van der Waals surface area contributed by atoms with Crippen molar-refractivity contribution in [2.24, 2.45) is 0 Å². The summed E-state index contributed by atoms with van der Waals surface area (Å²) < 4.78 is 6.83. The Morgan fingerprint density at radius 2 is 1.88 bits per heavy atom. The number of nitrogens with zero attached hydrogens (tertiary/aromatic N) is 4. The van der Waals surface area contributed by atoms with Gasteiger partial charge in [-0.05, 0) is 43.8 Å². The molecule has 0 N–H and O–H groups in total. The topological polar surface area (TPSA) is 60.2 Å². The highest BCUT2D eigenvalue weighted by atomic mass is 16.5. The molecule has 3 rings (SSSR count). The first-order valence-corrected chi connectivity index (χ1v) is 7.90. The molecule has 3 aromatic rings. The molecule has 6 heteroatoms. The number of rotatable bonds is 6. The van der Waals surface area contributed by atoms with E-state index in [9.17, 15) is 4.79 Å². The summed E-state index contributed by atoms with van der Waals surface area (Å²) >= 11 is 0. The molecule has 0 spiro atoms. The summed E-state index contributed by atoms with van der Waals surface area (Å²) in [5.41, 5.74) is 1.63. The van der Waals surface area contributed by atoms with Gasteiger partial charge in [0.05, 0.1) is 18.7 Å². The number of fused-ring (bicyclic) bond motifs is 1. The molecule has 0 aliphatic heterocycles. The van der Waals surface area contributed by atoms with Crippen molar-refractivity contribution in [1.82, 2.24) is 19.9 Å². The van der Waals surface area contributed by atoms with Crippen molar-refractivity contribution in [3.63, 3.8) is 0 Å². The van der Waals surface area contributed by atoms with E-state index in [0.29, 0.717) is 30.7 Å². The maximum absolute atomic E-state index is 12.5. The molecule has 0 aliphatic carbocycles. The van der Waals surface area contributed by atoms with Crippen molar-refractivity contribution in [3.8, 4) is 5.75 Å². The lowest BCUT2D eigenvalue weighted by Gasteiger charge is -2.17. The quantitative estimate of drug-likeness (QED) is 0.696. The van der Waals surface area contributed by atoms with Crippen LogP contribution >= 0.6 is 0 Å². The van der Waals surface area contributed by atoms with Crippen molar-refractivity contribution in [2.45, 2.75) is 20.1 Å². The van der Waals surface area contributed by atoms with Gasteiger partial charge in [0, 0.05) is 6.54 Å². The Balaban J connectivity index is 1.71. The van der Waals surface area contributed by atoms with Crippen LogP contribution in [0, 0.1) is 0 Å². The molecule has 0 bridgehead atoms. The van der Waals surface area contributed by atoms with Gasteiger partial charge < -0.3 is 4.74 Å². The number of hydrogen-bond acceptors (Lipinski definition) is 5. The van der Waals surface area contributed by atoms with Gasteiger partial charge in [-0.2, -0.15) is 4.68 Å². The lowest BCUT2D eigenvalue weighted by Crippen LogP contribution is -2.32. The van der Waals surface area contributed by atoms with E-state index in [2.05, 4.69) is 10.3 Å². The molecule has 0 amide bonds. The standard InChI is InChI=1S/C18H20N4O2/c1-3-24-15-10-8-14(9-11-15)12-21(2)13-22-18(23)16-6-4-5-7-17(16)19-20-22/h4-11H,3,12-13H2,1-2H3. The first-order chi connectivity index (χ1) is 11.7. The van der Waals surface area contributed by atoms with Gasteiger partial charge in [-0.15, -0.1) is 5.10 Å². The van der Waals surface area contributed by atoms with Crippen molar-refractivity contribution in [1.29, 1.82) is 0 Å². The molecule has 6 nitrogen and oxygen atoms in total. The van der Waals surface area contributed by atoms with Gasteiger partial charge in [0.15, 0.2) is 0 Å². The number of benzene rings is 2. The Morgan fingerprint density at radius 3 is 2.62 bits per heavy atom. The van der Waals surface area contributed by atoms with E-state index in [0.717, 1.165) is 11.3 Å². The van der Waals surface area contributed by atoms with Crippen LogP contribution in [0.2, 0.25) is 0 Å². The van der Waals surface area contributed by atoms with E-state index < -0.39 is 0 Å². The number of aromatic nitrogens is 3. The second kappa shape index (κ2) is 7.23. The van der Waals surface area contributed by atoms with E-state index >= 15 is 0 Å². The third-order valence-corrected chi connectivity index (χ3v) is 3.69. The normalized spacial score (nSPS) is 11.1. The molecule has 124 valence electrons. The molecule has 1 heterocycles. The monoisotopic (exact) mass is 324 g/mol. The zero-order chi connectivity index (χ0) is 16.9. The summed E-state index contributed by atoms with van der Waals surface area (Å²) in [6.45, 7) is 3.70. The van der Waals surface area contributed by atoms with Gasteiger partial charge in [-0.25, -0.2) is 0 Å². The van der Waals surface area contributed by atoms with Crippen LogP contribution in [0.3, 0.4) is 0 Å². The van der Waals surface area contributed by atoms with E-state index in [-0.39, 0.29) is 5.56 Å². The minimum atomic E-state index is -0.126. The fraction of sp³-hybridized carbons (Fsp3) is 0.278. The van der Waals surface area contributed by atoms with Crippen molar-refractivity contribution in [3.05, 3.63) is 64.4 Å². The lowest BCUT2D eigenvalue weighted by molar-refractivity contribution is 0.236. The highest BCUT2D eigenvalue weighted by Crippen LogP contribution is 2.13. The summed E-state index contributed by atoms with van der Waals surface area (Å²) in [7, 11) is 1.94. The van der Waals surface area contributed by atoms with Crippen LogP contribution in [0.15, 0.2) is 53.3 Å². The molecule has 0 atom stereocenters. The lowest BCUT2D eigenvalue weighted by atomic mass is 10.2. The Hall–Kier alpha value is -2.73. The van der Waals surface area contributed by atoms with Crippen LogP contribution in [0.5, 0.6) is 5.75 Å². The first kappa shape index (κ1) is 16.1. The molecule has 1 aromatic heterocycles. The highest BCUT2D eigenvalue weighted by Gasteiger charge is 2.08. The molecule has 0 radical (unpaired) electrons. The minimum absolute atomic E-state index is 0.126. The van der Waals surface area contributed by atoms with Gasteiger partial charge in [0.1, 0.15) is 11.3 Å². The van der Waals surface area contributed by atoms with Crippen LogP contribution in [0.1, 0.15) is 12.5 Å². The average Bonchev–Trinajstić information content (AvgIpc) is 2.60. The average molecular weight is 324 g/mol. The van der Waals surface area contributed by atoms with E-state index in [4.69, 9.17) is 4.74 Å². The maximum Gasteiger partial charge on any atom is 0.278 e. The van der Waals surface area contributed by atoms with Crippen molar-refractivity contribution in [2.75, 3.05) is 13.7 Å². The Kier molecular flexibility index (Phi) is 4.86. The Bertz CT molecular complexity index is 874. The summed E-state index contributed by atoms with van der Waals surface area (Å²) in [6.07, 6.45) is 0.